The molecule has 1 aliphatic carbocycles. The molecular formula is C12H11BrO3S. The molecule has 0 heterocycles. The fraction of sp³-hybridized carbons (Fsp3) is 0.333. The Balaban J connectivity index is 2.50. The van der Waals surface area contributed by atoms with Crippen molar-refractivity contribution in [2.45, 2.75) is 11.3 Å². The average Bonchev–Trinajstić information content (AvgIpc) is 2.69. The number of ether oxygens (including phenoxy) is 1. The van der Waals surface area contributed by atoms with Gasteiger partial charge in [0.25, 0.3) is 0 Å². The summed E-state index contributed by atoms with van der Waals surface area (Å²) in [5, 5.41) is 0. The molecule has 0 spiro atoms. The minimum Gasteiger partial charge on any atom is -0.468 e. The fourth-order valence-corrected chi connectivity index (χ4v) is 3.17. The highest BCUT2D eigenvalue weighted by Gasteiger charge is 2.39. The molecule has 0 saturated heterocycles. The predicted molar refractivity (Wildman–Crippen MR) is 69.5 cm³/mol. The van der Waals surface area contributed by atoms with Crippen LogP contribution in [0.2, 0.25) is 0 Å². The van der Waals surface area contributed by atoms with Crippen molar-refractivity contribution < 1.29 is 14.3 Å². The van der Waals surface area contributed by atoms with Crippen molar-refractivity contribution in [1.82, 2.24) is 0 Å². The molecule has 0 saturated carbocycles. The van der Waals surface area contributed by atoms with E-state index in [0.717, 1.165) is 14.9 Å². The molecule has 1 unspecified atom stereocenters. The highest BCUT2D eigenvalue weighted by molar-refractivity contribution is 9.10. The SMILES string of the molecule is COC(=O)C1Cc2c(Br)ccc(SC)c2C1=O. The van der Waals surface area contributed by atoms with Gasteiger partial charge in [-0.25, -0.2) is 0 Å². The van der Waals surface area contributed by atoms with Crippen LogP contribution in [-0.2, 0) is 16.0 Å². The minimum atomic E-state index is -0.681. The molecule has 0 amide bonds. The van der Waals surface area contributed by atoms with Gasteiger partial charge in [-0.15, -0.1) is 11.8 Å². The van der Waals surface area contributed by atoms with Gasteiger partial charge in [0.15, 0.2) is 5.78 Å². The second kappa shape index (κ2) is 4.82. The lowest BCUT2D eigenvalue weighted by molar-refractivity contribution is -0.143. The first-order chi connectivity index (χ1) is 8.10. The molecule has 0 fully saturated rings. The quantitative estimate of drug-likeness (QED) is 0.478. The van der Waals surface area contributed by atoms with E-state index in [1.54, 1.807) is 0 Å². The van der Waals surface area contributed by atoms with E-state index in [2.05, 4.69) is 20.7 Å². The van der Waals surface area contributed by atoms with Gasteiger partial charge in [0.1, 0.15) is 5.92 Å². The number of carbonyl (C=O) groups is 2. The van der Waals surface area contributed by atoms with Gasteiger partial charge in [0.2, 0.25) is 0 Å². The van der Waals surface area contributed by atoms with Crippen LogP contribution >= 0.6 is 27.7 Å². The van der Waals surface area contributed by atoms with Crippen molar-refractivity contribution >= 4 is 39.4 Å². The van der Waals surface area contributed by atoms with Crippen LogP contribution in [0.25, 0.3) is 0 Å². The zero-order valence-corrected chi connectivity index (χ0v) is 11.9. The predicted octanol–water partition coefficient (Wildman–Crippen LogP) is 2.70. The Morgan fingerprint density at radius 3 is 2.82 bits per heavy atom. The van der Waals surface area contributed by atoms with Crippen LogP contribution in [0.3, 0.4) is 0 Å². The van der Waals surface area contributed by atoms with Crippen molar-refractivity contribution in [3.63, 3.8) is 0 Å². The van der Waals surface area contributed by atoms with Crippen LogP contribution in [-0.4, -0.2) is 25.1 Å². The van der Waals surface area contributed by atoms with Gasteiger partial charge in [0, 0.05) is 14.9 Å². The number of thioether (sulfide) groups is 1. The Hall–Kier alpha value is -0.810. The first-order valence-electron chi connectivity index (χ1n) is 5.07. The molecule has 0 bridgehead atoms. The van der Waals surface area contributed by atoms with Gasteiger partial charge in [-0.1, -0.05) is 15.9 Å². The van der Waals surface area contributed by atoms with Crippen molar-refractivity contribution in [2.75, 3.05) is 13.4 Å². The molecule has 0 radical (unpaired) electrons. The van der Waals surface area contributed by atoms with E-state index in [4.69, 9.17) is 0 Å². The van der Waals surface area contributed by atoms with Gasteiger partial charge in [-0.05, 0) is 30.4 Å². The third kappa shape index (κ3) is 2.02. The number of fused-ring (bicyclic) bond motifs is 1. The maximum absolute atomic E-state index is 12.2. The van der Waals surface area contributed by atoms with Crippen molar-refractivity contribution in [1.29, 1.82) is 0 Å². The Labute approximate surface area is 112 Å². The maximum atomic E-state index is 12.2. The number of benzene rings is 1. The second-order valence-corrected chi connectivity index (χ2v) is 5.45. The van der Waals surface area contributed by atoms with Crippen LogP contribution in [0, 0.1) is 5.92 Å². The normalized spacial score (nSPS) is 18.1. The van der Waals surface area contributed by atoms with E-state index in [1.165, 1.54) is 18.9 Å². The molecule has 90 valence electrons. The van der Waals surface area contributed by atoms with Gasteiger partial charge < -0.3 is 4.74 Å². The molecule has 2 rings (SSSR count). The molecule has 1 aromatic rings. The molecule has 1 aliphatic rings. The smallest absolute Gasteiger partial charge is 0.316 e. The van der Waals surface area contributed by atoms with Crippen molar-refractivity contribution in [2.24, 2.45) is 5.92 Å². The standard InChI is InChI=1S/C12H11BrO3S/c1-16-12(15)7-5-6-8(13)3-4-9(17-2)10(6)11(7)14/h3-4,7H,5H2,1-2H3. The minimum absolute atomic E-state index is 0.127. The number of rotatable bonds is 2. The summed E-state index contributed by atoms with van der Waals surface area (Å²) in [5.74, 6) is -1.26. The van der Waals surface area contributed by atoms with Crippen molar-refractivity contribution in [3.05, 3.63) is 27.7 Å². The fourth-order valence-electron chi connectivity index (χ4n) is 2.04. The number of Topliss-reactive ketones (excluding diaryl/α,β-unsaturated/α-hetero) is 1. The van der Waals surface area contributed by atoms with Crippen LogP contribution in [0.15, 0.2) is 21.5 Å². The molecular weight excluding hydrogens is 304 g/mol. The number of hydrogen-bond donors (Lipinski definition) is 0. The second-order valence-electron chi connectivity index (χ2n) is 3.75. The summed E-state index contributed by atoms with van der Waals surface area (Å²) in [7, 11) is 1.31. The van der Waals surface area contributed by atoms with Gasteiger partial charge in [0.05, 0.1) is 7.11 Å². The number of esters is 1. The van der Waals surface area contributed by atoms with Gasteiger partial charge in [-0.2, -0.15) is 0 Å². The lowest BCUT2D eigenvalue weighted by atomic mass is 10.1. The number of carbonyl (C=O) groups excluding carboxylic acids is 2. The van der Waals surface area contributed by atoms with Crippen LogP contribution in [0.1, 0.15) is 15.9 Å². The Kier molecular flexibility index (Phi) is 3.58. The zero-order valence-electron chi connectivity index (χ0n) is 9.45. The summed E-state index contributed by atoms with van der Waals surface area (Å²) in [5.41, 5.74) is 1.58. The highest BCUT2D eigenvalue weighted by atomic mass is 79.9. The number of halogens is 1. The number of methoxy groups -OCH3 is 1. The number of ketones is 1. The van der Waals surface area contributed by atoms with E-state index in [0.29, 0.717) is 12.0 Å². The molecule has 0 N–H and O–H groups in total. The summed E-state index contributed by atoms with van der Waals surface area (Å²) in [6.45, 7) is 0. The Morgan fingerprint density at radius 2 is 2.24 bits per heavy atom. The van der Waals surface area contributed by atoms with Crippen LogP contribution < -0.4 is 0 Å². The first kappa shape index (κ1) is 12.6. The van der Waals surface area contributed by atoms with E-state index in [-0.39, 0.29) is 5.78 Å². The largest absolute Gasteiger partial charge is 0.468 e. The summed E-state index contributed by atoms with van der Waals surface area (Å²) in [6, 6.07) is 3.81. The van der Waals surface area contributed by atoms with Crippen LogP contribution in [0.4, 0.5) is 0 Å². The molecule has 0 aromatic heterocycles. The molecule has 1 aromatic carbocycles. The van der Waals surface area contributed by atoms with E-state index >= 15 is 0 Å². The summed E-state index contributed by atoms with van der Waals surface area (Å²) < 4.78 is 5.55. The Morgan fingerprint density at radius 1 is 1.53 bits per heavy atom. The summed E-state index contributed by atoms with van der Waals surface area (Å²) in [4.78, 5) is 24.6. The summed E-state index contributed by atoms with van der Waals surface area (Å²) >= 11 is 4.94. The lowest BCUT2D eigenvalue weighted by Crippen LogP contribution is -2.22. The first-order valence-corrected chi connectivity index (χ1v) is 7.09. The third-order valence-electron chi connectivity index (χ3n) is 2.89. The topological polar surface area (TPSA) is 43.4 Å². The van der Waals surface area contributed by atoms with Gasteiger partial charge in [-0.3, -0.25) is 9.59 Å². The van der Waals surface area contributed by atoms with Gasteiger partial charge >= 0.3 is 5.97 Å². The third-order valence-corrected chi connectivity index (χ3v) is 4.42. The lowest BCUT2D eigenvalue weighted by Gasteiger charge is -2.05. The molecule has 1 atom stereocenters. The molecule has 3 nitrogen and oxygen atoms in total. The molecule has 0 aliphatic heterocycles. The molecule has 17 heavy (non-hydrogen) atoms. The van der Waals surface area contributed by atoms with Crippen molar-refractivity contribution in [3.8, 4) is 0 Å². The summed E-state index contributed by atoms with van der Waals surface area (Å²) in [6.07, 6.45) is 2.35. The zero-order chi connectivity index (χ0) is 12.6. The number of hydrogen-bond acceptors (Lipinski definition) is 4. The Bertz CT molecular complexity index is 499. The maximum Gasteiger partial charge on any atom is 0.316 e. The van der Waals surface area contributed by atoms with E-state index in [9.17, 15) is 9.59 Å². The highest BCUT2D eigenvalue weighted by Crippen LogP contribution is 2.38. The van der Waals surface area contributed by atoms with E-state index < -0.39 is 11.9 Å². The van der Waals surface area contributed by atoms with E-state index in [1.807, 2.05) is 18.4 Å². The monoisotopic (exact) mass is 314 g/mol. The van der Waals surface area contributed by atoms with Crippen LogP contribution in [0.5, 0.6) is 0 Å². The average molecular weight is 315 g/mol. The molecule has 5 heteroatoms.